The molecule has 0 atom stereocenters. The number of ether oxygens (including phenoxy) is 1. The van der Waals surface area contributed by atoms with Gasteiger partial charge in [0.15, 0.2) is 0 Å². The first kappa shape index (κ1) is 19.2. The normalized spacial score (nSPS) is 11.5. The Morgan fingerprint density at radius 1 is 1.31 bits per heavy atom. The van der Waals surface area contributed by atoms with Crippen LogP contribution in [0.15, 0.2) is 45.2 Å². The van der Waals surface area contributed by atoms with Crippen LogP contribution in [0.4, 0.5) is 0 Å². The summed E-state index contributed by atoms with van der Waals surface area (Å²) in [6, 6.07) is 6.72. The van der Waals surface area contributed by atoms with Crippen LogP contribution >= 0.6 is 0 Å². The number of aromatic amines is 1. The Morgan fingerprint density at radius 2 is 2.04 bits per heavy atom. The molecule has 2 aromatic rings. The van der Waals surface area contributed by atoms with Crippen molar-refractivity contribution in [3.63, 3.8) is 0 Å². The number of oxime groups is 1. The van der Waals surface area contributed by atoms with Gasteiger partial charge in [-0.25, -0.2) is 9.59 Å². The van der Waals surface area contributed by atoms with Crippen molar-refractivity contribution in [2.75, 3.05) is 7.11 Å². The molecule has 1 heterocycles. The molecule has 138 valence electrons. The topological polar surface area (TPSA) is 103 Å². The van der Waals surface area contributed by atoms with E-state index in [1.807, 2.05) is 13.8 Å². The summed E-state index contributed by atoms with van der Waals surface area (Å²) in [5.41, 5.74) is 0.584. The number of aromatic nitrogens is 2. The first-order valence-corrected chi connectivity index (χ1v) is 8.03. The smallest absolute Gasteiger partial charge is 0.337 e. The van der Waals surface area contributed by atoms with E-state index in [0.29, 0.717) is 16.8 Å². The van der Waals surface area contributed by atoms with Crippen molar-refractivity contribution in [3.05, 3.63) is 68.0 Å². The molecule has 1 aromatic heterocycles. The molecule has 0 saturated carbocycles. The monoisotopic (exact) mass is 359 g/mol. The van der Waals surface area contributed by atoms with Crippen LogP contribution in [-0.2, 0) is 16.1 Å². The molecule has 0 spiro atoms. The summed E-state index contributed by atoms with van der Waals surface area (Å²) in [5.74, 6) is -0.463. The molecule has 8 heteroatoms. The lowest BCUT2D eigenvalue weighted by atomic mass is 10.1. The van der Waals surface area contributed by atoms with Gasteiger partial charge in [0.1, 0.15) is 6.10 Å². The van der Waals surface area contributed by atoms with Crippen molar-refractivity contribution in [2.24, 2.45) is 5.16 Å². The molecule has 0 fully saturated rings. The Labute approximate surface area is 150 Å². The second-order valence-electron chi connectivity index (χ2n) is 5.95. The predicted octanol–water partition coefficient (Wildman–Crippen LogP) is 1.52. The van der Waals surface area contributed by atoms with E-state index in [-0.39, 0.29) is 18.2 Å². The van der Waals surface area contributed by atoms with E-state index in [1.54, 1.807) is 31.2 Å². The molecule has 0 radical (unpaired) electrons. The molecule has 0 aliphatic rings. The van der Waals surface area contributed by atoms with Gasteiger partial charge in [-0.3, -0.25) is 14.3 Å². The highest BCUT2D eigenvalue weighted by molar-refractivity contribution is 5.97. The summed E-state index contributed by atoms with van der Waals surface area (Å²) in [7, 11) is 1.30. The third-order valence-electron chi connectivity index (χ3n) is 3.50. The number of carbonyl (C=O) groups is 1. The molecular weight excluding hydrogens is 338 g/mol. The van der Waals surface area contributed by atoms with Gasteiger partial charge in [0.25, 0.3) is 5.56 Å². The van der Waals surface area contributed by atoms with Gasteiger partial charge in [-0.2, -0.15) is 0 Å². The first-order chi connectivity index (χ1) is 12.3. The summed E-state index contributed by atoms with van der Waals surface area (Å²) in [5, 5.41) is 3.90. The van der Waals surface area contributed by atoms with Gasteiger partial charge in [0.05, 0.1) is 30.5 Å². The second kappa shape index (κ2) is 8.28. The van der Waals surface area contributed by atoms with Crippen molar-refractivity contribution in [2.45, 2.75) is 33.4 Å². The summed E-state index contributed by atoms with van der Waals surface area (Å²) in [4.78, 5) is 43.2. The van der Waals surface area contributed by atoms with E-state index in [0.717, 1.165) is 0 Å². The summed E-state index contributed by atoms with van der Waals surface area (Å²) in [6.07, 6.45) is 1.30. The van der Waals surface area contributed by atoms with Gasteiger partial charge in [0.2, 0.25) is 0 Å². The van der Waals surface area contributed by atoms with E-state index in [4.69, 9.17) is 9.57 Å². The van der Waals surface area contributed by atoms with Crippen LogP contribution in [0.2, 0.25) is 0 Å². The lowest BCUT2D eigenvalue weighted by Gasteiger charge is -2.09. The number of nitrogens with one attached hydrogen (secondary N) is 1. The van der Waals surface area contributed by atoms with E-state index < -0.39 is 17.2 Å². The highest BCUT2D eigenvalue weighted by Crippen LogP contribution is 2.08. The number of carbonyl (C=O) groups excluding carboxylic acids is 1. The van der Waals surface area contributed by atoms with Crippen LogP contribution in [0.25, 0.3) is 0 Å². The number of hydrogen-bond donors (Lipinski definition) is 1. The first-order valence-electron chi connectivity index (χ1n) is 8.03. The number of rotatable bonds is 6. The van der Waals surface area contributed by atoms with Gasteiger partial charge in [0, 0.05) is 6.20 Å². The molecule has 0 bridgehead atoms. The van der Waals surface area contributed by atoms with Crippen LogP contribution in [-0.4, -0.2) is 34.4 Å². The van der Waals surface area contributed by atoms with Gasteiger partial charge in [-0.05, 0) is 38.5 Å². The number of benzene rings is 1. The minimum Gasteiger partial charge on any atom is -0.465 e. The predicted molar refractivity (Wildman–Crippen MR) is 96.6 cm³/mol. The van der Waals surface area contributed by atoms with E-state index in [1.165, 1.54) is 17.9 Å². The molecule has 0 aliphatic carbocycles. The zero-order valence-electron chi connectivity index (χ0n) is 15.1. The quantitative estimate of drug-likeness (QED) is 0.478. The lowest BCUT2D eigenvalue weighted by molar-refractivity contribution is 0.0600. The lowest BCUT2D eigenvalue weighted by Crippen LogP contribution is -2.33. The number of nitrogens with zero attached hydrogens (tertiary/aromatic N) is 2. The largest absolute Gasteiger partial charge is 0.465 e. The fourth-order valence-electron chi connectivity index (χ4n) is 2.23. The molecule has 0 amide bonds. The van der Waals surface area contributed by atoms with Crippen molar-refractivity contribution >= 4 is 11.7 Å². The van der Waals surface area contributed by atoms with Gasteiger partial charge < -0.3 is 9.57 Å². The molecule has 0 aliphatic heterocycles. The van der Waals surface area contributed by atoms with Gasteiger partial charge in [-0.15, -0.1) is 0 Å². The highest BCUT2D eigenvalue weighted by atomic mass is 16.6. The fraction of sp³-hybridized carbons (Fsp3) is 0.333. The third kappa shape index (κ3) is 4.69. The van der Waals surface area contributed by atoms with Crippen molar-refractivity contribution in [1.29, 1.82) is 0 Å². The average Bonchev–Trinajstić information content (AvgIpc) is 2.61. The fourth-order valence-corrected chi connectivity index (χ4v) is 2.23. The van der Waals surface area contributed by atoms with E-state index >= 15 is 0 Å². The van der Waals surface area contributed by atoms with Crippen molar-refractivity contribution in [1.82, 2.24) is 9.55 Å². The van der Waals surface area contributed by atoms with Crippen LogP contribution in [0, 0.1) is 0 Å². The van der Waals surface area contributed by atoms with Crippen LogP contribution < -0.4 is 11.2 Å². The Bertz CT molecular complexity index is 940. The highest BCUT2D eigenvalue weighted by Gasteiger charge is 2.11. The SMILES string of the molecule is COC(=O)c1cccc(Cn2cc(/C(C)=N/OC(C)C)c(=O)[nH]c2=O)c1. The molecule has 1 N–H and O–H groups in total. The van der Waals surface area contributed by atoms with Crippen molar-refractivity contribution < 1.29 is 14.4 Å². The maximum absolute atomic E-state index is 12.1. The minimum atomic E-state index is -0.556. The summed E-state index contributed by atoms with van der Waals surface area (Å²) in [6.45, 7) is 5.43. The third-order valence-corrected chi connectivity index (χ3v) is 3.50. The van der Waals surface area contributed by atoms with Crippen molar-refractivity contribution in [3.8, 4) is 0 Å². The standard InChI is InChI=1S/C18H21N3O5/c1-11(2)26-20-12(3)15-10-21(18(24)19-16(15)22)9-13-6-5-7-14(8-13)17(23)25-4/h5-8,10-11H,9H2,1-4H3,(H,19,22,24)/b20-12+. The molecule has 8 nitrogen and oxygen atoms in total. The number of hydrogen-bond acceptors (Lipinski definition) is 6. The maximum atomic E-state index is 12.1. The molecular formula is C18H21N3O5. The maximum Gasteiger partial charge on any atom is 0.337 e. The summed E-state index contributed by atoms with van der Waals surface area (Å²) < 4.78 is 6.03. The number of esters is 1. The zero-order chi connectivity index (χ0) is 19.3. The minimum absolute atomic E-state index is 0.129. The Kier molecular flexibility index (Phi) is 6.11. The Morgan fingerprint density at radius 3 is 2.69 bits per heavy atom. The average molecular weight is 359 g/mol. The van der Waals surface area contributed by atoms with Crippen LogP contribution in [0.5, 0.6) is 0 Å². The number of methoxy groups -OCH3 is 1. The number of H-pyrrole nitrogens is 1. The van der Waals surface area contributed by atoms with Gasteiger partial charge in [-0.1, -0.05) is 17.3 Å². The van der Waals surface area contributed by atoms with E-state index in [2.05, 4.69) is 10.1 Å². The van der Waals surface area contributed by atoms with Crippen LogP contribution in [0.3, 0.4) is 0 Å². The molecule has 0 unspecified atom stereocenters. The van der Waals surface area contributed by atoms with Crippen LogP contribution in [0.1, 0.15) is 42.3 Å². The molecule has 1 aromatic carbocycles. The van der Waals surface area contributed by atoms with Gasteiger partial charge >= 0.3 is 11.7 Å². The Hall–Kier alpha value is -3.16. The Balaban J connectivity index is 2.37. The second-order valence-corrected chi connectivity index (χ2v) is 5.95. The summed E-state index contributed by atoms with van der Waals surface area (Å²) >= 11 is 0. The molecule has 2 rings (SSSR count). The molecule has 0 saturated heterocycles. The molecule has 26 heavy (non-hydrogen) atoms. The zero-order valence-corrected chi connectivity index (χ0v) is 15.1. The van der Waals surface area contributed by atoms with E-state index in [9.17, 15) is 14.4 Å².